The van der Waals surface area contributed by atoms with Crippen molar-refractivity contribution in [3.63, 3.8) is 0 Å². The van der Waals surface area contributed by atoms with Gasteiger partial charge in [0.05, 0.1) is 11.7 Å². The number of hydrogen-bond acceptors (Lipinski definition) is 7. The van der Waals surface area contributed by atoms with Crippen LogP contribution in [0.2, 0.25) is 0 Å². The van der Waals surface area contributed by atoms with Crippen LogP contribution in [0.15, 0.2) is 30.3 Å². The Morgan fingerprint density at radius 1 is 0.957 bits per heavy atom. The minimum Gasteiger partial charge on any atom is -0.479 e. The predicted molar refractivity (Wildman–Crippen MR) is 148 cm³/mol. The molecule has 0 radical (unpaired) electrons. The molecule has 1 fully saturated rings. The molecular weight excluding hydrogens is 630 g/mol. The molecule has 46 heavy (non-hydrogen) atoms. The molecule has 250 valence electrons. The average molecular weight is 661 g/mol. The standard InChI is InChI=1S/C29H30F6N4O7/c1-13(2)9-19(39-28(44)27(43)37-17-5-3-4-6-21(17)46-29(34)35)26(42)38-18(10-14-7-8-36-25(14)41)20(40)12-45-24-22(32)15(30)11-16(31)23(24)33/h3-6,11,13-14,18-19,29H,7-10,12H2,1-2H3,(H,36,41)(H,37,43)(H,38,42)(H,39,44)/t14-,18?,19?/m0/s1. The minimum absolute atomic E-state index is 0.0551. The highest BCUT2D eigenvalue weighted by Gasteiger charge is 2.34. The van der Waals surface area contributed by atoms with Crippen LogP contribution in [0.1, 0.15) is 33.1 Å². The van der Waals surface area contributed by atoms with Crippen molar-refractivity contribution in [1.82, 2.24) is 16.0 Å². The van der Waals surface area contributed by atoms with Gasteiger partial charge in [-0.25, -0.2) is 8.78 Å². The number of ketones is 1. The molecule has 2 aromatic carbocycles. The normalized spacial score (nSPS) is 15.6. The SMILES string of the molecule is CC(C)CC(NC(=O)C(=O)Nc1ccccc1OC(F)F)C(=O)NC(C[C@@H]1CCNC1=O)C(=O)COc1c(F)c(F)cc(F)c1F. The Bertz CT molecular complexity index is 1450. The van der Waals surface area contributed by atoms with E-state index in [1.165, 1.54) is 18.2 Å². The average Bonchev–Trinajstić information content (AvgIpc) is 3.39. The van der Waals surface area contributed by atoms with Crippen molar-refractivity contribution in [1.29, 1.82) is 0 Å². The second-order valence-electron chi connectivity index (χ2n) is 10.6. The molecule has 2 aromatic rings. The Hall–Kier alpha value is -4.83. The number of carbonyl (C=O) groups excluding carboxylic acids is 5. The van der Waals surface area contributed by atoms with Crippen LogP contribution in [-0.4, -0.2) is 61.3 Å². The summed E-state index contributed by atoms with van der Waals surface area (Å²) in [6, 6.07) is 1.97. The summed E-state index contributed by atoms with van der Waals surface area (Å²) in [7, 11) is 0. The Morgan fingerprint density at radius 3 is 2.20 bits per heavy atom. The third-order valence-electron chi connectivity index (χ3n) is 6.70. The summed E-state index contributed by atoms with van der Waals surface area (Å²) in [4.78, 5) is 64.0. The fraction of sp³-hybridized carbons (Fsp3) is 0.414. The Labute approximate surface area is 258 Å². The lowest BCUT2D eigenvalue weighted by Gasteiger charge is -2.25. The number of ether oxygens (including phenoxy) is 2. The number of anilines is 1. The van der Waals surface area contributed by atoms with Gasteiger partial charge in [0.25, 0.3) is 0 Å². The third kappa shape index (κ3) is 9.58. The highest BCUT2D eigenvalue weighted by Crippen LogP contribution is 2.27. The first-order chi connectivity index (χ1) is 21.7. The topological polar surface area (TPSA) is 152 Å². The first-order valence-corrected chi connectivity index (χ1v) is 13.9. The smallest absolute Gasteiger partial charge is 0.387 e. The van der Waals surface area contributed by atoms with Gasteiger partial charge in [0.15, 0.2) is 23.2 Å². The van der Waals surface area contributed by atoms with Gasteiger partial charge in [0.1, 0.15) is 18.4 Å². The van der Waals surface area contributed by atoms with Crippen molar-refractivity contribution < 1.29 is 59.8 Å². The lowest BCUT2D eigenvalue weighted by atomic mass is 9.95. The van der Waals surface area contributed by atoms with E-state index in [9.17, 15) is 50.3 Å². The van der Waals surface area contributed by atoms with Crippen LogP contribution in [0.3, 0.4) is 0 Å². The summed E-state index contributed by atoms with van der Waals surface area (Å²) >= 11 is 0. The number of amides is 4. The Morgan fingerprint density at radius 2 is 1.61 bits per heavy atom. The molecule has 0 aromatic heterocycles. The molecule has 0 saturated carbocycles. The molecule has 0 aliphatic carbocycles. The van der Waals surface area contributed by atoms with E-state index < -0.39 is 95.4 Å². The number of nitrogens with one attached hydrogen (secondary N) is 4. The van der Waals surface area contributed by atoms with Crippen molar-refractivity contribution in [2.45, 2.75) is 51.8 Å². The molecule has 4 amide bonds. The molecule has 1 saturated heterocycles. The Balaban J connectivity index is 1.76. The van der Waals surface area contributed by atoms with Gasteiger partial charge < -0.3 is 30.7 Å². The third-order valence-corrected chi connectivity index (χ3v) is 6.70. The van der Waals surface area contributed by atoms with E-state index in [0.29, 0.717) is 0 Å². The van der Waals surface area contributed by atoms with Gasteiger partial charge in [0, 0.05) is 18.5 Å². The van der Waals surface area contributed by atoms with Gasteiger partial charge in [-0.1, -0.05) is 26.0 Å². The second kappa shape index (κ2) is 15.9. The largest absolute Gasteiger partial charge is 0.479 e. The maximum atomic E-state index is 14.1. The van der Waals surface area contributed by atoms with Crippen LogP contribution in [0.25, 0.3) is 0 Å². The minimum atomic E-state index is -3.23. The summed E-state index contributed by atoms with van der Waals surface area (Å²) < 4.78 is 89.8. The van der Waals surface area contributed by atoms with Gasteiger partial charge in [0.2, 0.25) is 23.4 Å². The molecule has 17 heteroatoms. The number of benzene rings is 2. The lowest BCUT2D eigenvalue weighted by molar-refractivity contribution is -0.138. The van der Waals surface area contributed by atoms with E-state index in [4.69, 9.17) is 4.74 Å². The Kier molecular flexibility index (Phi) is 12.4. The summed E-state index contributed by atoms with van der Waals surface area (Å²) in [5.41, 5.74) is -0.264. The zero-order valence-electron chi connectivity index (χ0n) is 24.4. The van der Waals surface area contributed by atoms with Crippen molar-refractivity contribution in [2.75, 3.05) is 18.5 Å². The van der Waals surface area contributed by atoms with Crippen molar-refractivity contribution in [3.05, 3.63) is 53.6 Å². The highest BCUT2D eigenvalue weighted by molar-refractivity contribution is 6.40. The van der Waals surface area contributed by atoms with Crippen LogP contribution in [0, 0.1) is 35.1 Å². The zero-order chi connectivity index (χ0) is 34.1. The molecule has 4 N–H and O–H groups in total. The molecule has 3 rings (SSSR count). The van der Waals surface area contributed by atoms with Crippen molar-refractivity contribution in [2.24, 2.45) is 11.8 Å². The molecule has 1 heterocycles. The van der Waals surface area contributed by atoms with E-state index in [-0.39, 0.29) is 43.5 Å². The summed E-state index contributed by atoms with van der Waals surface area (Å²) in [5, 5.41) is 9.20. The number of hydrogen-bond donors (Lipinski definition) is 4. The predicted octanol–water partition coefficient (Wildman–Crippen LogP) is 2.97. The lowest BCUT2D eigenvalue weighted by Crippen LogP contribution is -2.54. The molecule has 2 unspecified atom stereocenters. The maximum absolute atomic E-state index is 14.1. The van der Waals surface area contributed by atoms with E-state index >= 15 is 0 Å². The molecular formula is C29H30F6N4O7. The highest BCUT2D eigenvalue weighted by atomic mass is 19.3. The van der Waals surface area contributed by atoms with Crippen LogP contribution in [0.4, 0.5) is 32.0 Å². The molecule has 0 spiro atoms. The van der Waals surface area contributed by atoms with Crippen molar-refractivity contribution >= 4 is 35.1 Å². The fourth-order valence-electron chi connectivity index (χ4n) is 4.49. The van der Waals surface area contributed by atoms with Crippen LogP contribution >= 0.6 is 0 Å². The van der Waals surface area contributed by atoms with Gasteiger partial charge >= 0.3 is 18.4 Å². The van der Waals surface area contributed by atoms with Gasteiger partial charge in [-0.05, 0) is 37.3 Å². The monoisotopic (exact) mass is 660 g/mol. The van der Waals surface area contributed by atoms with Gasteiger partial charge in [-0.15, -0.1) is 0 Å². The number of para-hydroxylation sites is 2. The summed E-state index contributed by atoms with van der Waals surface area (Å²) in [6.07, 6.45) is -0.122. The summed E-state index contributed by atoms with van der Waals surface area (Å²) in [5.74, 6) is -15.5. The van der Waals surface area contributed by atoms with Crippen LogP contribution in [0.5, 0.6) is 11.5 Å². The number of alkyl halides is 2. The van der Waals surface area contributed by atoms with Gasteiger partial charge in [-0.2, -0.15) is 17.6 Å². The molecule has 1 aliphatic heterocycles. The number of halogens is 6. The van der Waals surface area contributed by atoms with E-state index in [1.54, 1.807) is 13.8 Å². The van der Waals surface area contributed by atoms with Crippen LogP contribution < -0.4 is 30.7 Å². The molecule has 11 nitrogen and oxygen atoms in total. The van der Waals surface area contributed by atoms with E-state index in [0.717, 1.165) is 6.07 Å². The zero-order valence-corrected chi connectivity index (χ0v) is 24.4. The molecule has 3 atom stereocenters. The van der Waals surface area contributed by atoms with Crippen LogP contribution in [-0.2, 0) is 24.0 Å². The summed E-state index contributed by atoms with van der Waals surface area (Å²) in [6.45, 7) is -0.800. The number of carbonyl (C=O) groups is 5. The van der Waals surface area contributed by atoms with E-state index in [2.05, 4.69) is 26.0 Å². The number of rotatable bonds is 14. The molecule has 1 aliphatic rings. The quantitative estimate of drug-likeness (QED) is 0.138. The first-order valence-electron chi connectivity index (χ1n) is 13.9. The van der Waals surface area contributed by atoms with E-state index in [1.807, 2.05) is 0 Å². The maximum Gasteiger partial charge on any atom is 0.387 e. The fourth-order valence-corrected chi connectivity index (χ4v) is 4.49. The van der Waals surface area contributed by atoms with Crippen molar-refractivity contribution in [3.8, 4) is 11.5 Å². The molecule has 0 bridgehead atoms. The number of Topliss-reactive ketones (excluding diaryl/α,β-unsaturated/α-hetero) is 1. The first kappa shape index (κ1) is 35.6. The van der Waals surface area contributed by atoms with Gasteiger partial charge in [-0.3, -0.25) is 24.0 Å². The second-order valence-corrected chi connectivity index (χ2v) is 10.6.